The van der Waals surface area contributed by atoms with Crippen LogP contribution in [0, 0.1) is 11.8 Å². The number of hydrogen-bond acceptors (Lipinski definition) is 5. The Morgan fingerprint density at radius 2 is 1.84 bits per heavy atom. The second kappa shape index (κ2) is 7.77. The summed E-state index contributed by atoms with van der Waals surface area (Å²) in [6, 6.07) is 0. The number of allylic oxidation sites excluding steroid dienone is 2. The van der Waals surface area contributed by atoms with E-state index in [1.807, 2.05) is 20.8 Å². The summed E-state index contributed by atoms with van der Waals surface area (Å²) in [5.41, 5.74) is -0.936. The largest absolute Gasteiger partial charge is 0.456 e. The Morgan fingerprint density at radius 1 is 1.16 bits per heavy atom. The number of fused-ring (bicyclic) bond motifs is 3. The molecule has 0 saturated carbocycles. The molecule has 1 heterocycles. The number of aliphatic hydroxyl groups is 3. The van der Waals surface area contributed by atoms with E-state index >= 15 is 0 Å². The van der Waals surface area contributed by atoms with Gasteiger partial charge in [0.15, 0.2) is 0 Å². The topological polar surface area (TPSA) is 87.0 Å². The molecule has 25 heavy (non-hydrogen) atoms. The van der Waals surface area contributed by atoms with Crippen LogP contribution in [0.5, 0.6) is 0 Å². The van der Waals surface area contributed by atoms with Crippen molar-refractivity contribution in [2.75, 3.05) is 0 Å². The lowest BCUT2D eigenvalue weighted by Crippen LogP contribution is -2.43. The first kappa shape index (κ1) is 20.4. The highest BCUT2D eigenvalue weighted by molar-refractivity contribution is 5.73. The van der Waals surface area contributed by atoms with E-state index in [1.54, 1.807) is 6.92 Å². The van der Waals surface area contributed by atoms with Crippen molar-refractivity contribution in [1.29, 1.82) is 0 Å². The molecule has 2 bridgehead atoms. The summed E-state index contributed by atoms with van der Waals surface area (Å²) in [5.74, 6) is -0.745. The Labute approximate surface area is 151 Å². The van der Waals surface area contributed by atoms with Crippen LogP contribution >= 0.6 is 0 Å². The number of rotatable bonds is 0. The molecule has 0 aromatic heterocycles. The second-order valence-electron chi connectivity index (χ2n) is 8.57. The van der Waals surface area contributed by atoms with Gasteiger partial charge in [-0.2, -0.15) is 0 Å². The number of aliphatic hydroxyl groups excluding tert-OH is 2. The predicted molar refractivity (Wildman–Crippen MR) is 95.9 cm³/mol. The van der Waals surface area contributed by atoms with Gasteiger partial charge in [-0.25, -0.2) is 0 Å². The summed E-state index contributed by atoms with van der Waals surface area (Å²) in [7, 11) is 0. The second-order valence-corrected chi connectivity index (χ2v) is 8.57. The summed E-state index contributed by atoms with van der Waals surface area (Å²) < 4.78 is 5.70. The van der Waals surface area contributed by atoms with E-state index in [0.29, 0.717) is 38.5 Å². The SMILES string of the molecule is C/C1=C\CC[C@@](C)(O)[C@H](O)C[C@@H]2CC[C@](C)(OC(=O)[C@H]2C)[C@H](O)CC1. The molecule has 0 amide bonds. The van der Waals surface area contributed by atoms with Crippen molar-refractivity contribution in [1.82, 2.24) is 0 Å². The van der Waals surface area contributed by atoms with Crippen molar-refractivity contribution >= 4 is 5.97 Å². The van der Waals surface area contributed by atoms with Crippen molar-refractivity contribution in [3.63, 3.8) is 0 Å². The van der Waals surface area contributed by atoms with Crippen LogP contribution in [0.2, 0.25) is 0 Å². The molecule has 0 unspecified atom stereocenters. The van der Waals surface area contributed by atoms with Gasteiger partial charge < -0.3 is 20.1 Å². The maximum atomic E-state index is 12.5. The zero-order valence-corrected chi connectivity index (χ0v) is 16.0. The molecule has 144 valence electrons. The van der Waals surface area contributed by atoms with E-state index in [4.69, 9.17) is 4.74 Å². The first-order valence-corrected chi connectivity index (χ1v) is 9.52. The normalized spacial score (nSPS) is 46.5. The van der Waals surface area contributed by atoms with Gasteiger partial charge in [-0.05, 0) is 71.6 Å². The minimum Gasteiger partial charge on any atom is -0.456 e. The number of esters is 1. The Kier molecular flexibility index (Phi) is 6.34. The molecule has 0 spiro atoms. The molecule has 5 heteroatoms. The van der Waals surface area contributed by atoms with Gasteiger partial charge in [-0.3, -0.25) is 4.79 Å². The molecule has 3 N–H and O–H groups in total. The fourth-order valence-electron chi connectivity index (χ4n) is 3.93. The summed E-state index contributed by atoms with van der Waals surface area (Å²) >= 11 is 0. The standard InChI is InChI=1S/C20H34O5/c1-13-6-5-10-19(3,24)17(22)12-15-9-11-20(4,16(21)8-7-13)25-18(23)14(15)2/h6,14-17,21-22,24H,5,7-12H2,1-4H3/b13-6+/t14-,15-,16+,17+,19+,20-/m0/s1. The lowest BCUT2D eigenvalue weighted by molar-refractivity contribution is -0.174. The molecule has 0 aromatic carbocycles. The van der Waals surface area contributed by atoms with Crippen molar-refractivity contribution in [3.05, 3.63) is 11.6 Å². The van der Waals surface area contributed by atoms with Crippen LogP contribution < -0.4 is 0 Å². The molecule has 1 saturated heterocycles. The molecule has 0 radical (unpaired) electrons. The van der Waals surface area contributed by atoms with Crippen molar-refractivity contribution in [2.45, 2.75) is 96.1 Å². The Bertz CT molecular complexity index is 512. The van der Waals surface area contributed by atoms with Crippen molar-refractivity contribution in [2.24, 2.45) is 11.8 Å². The molecule has 0 aromatic rings. The van der Waals surface area contributed by atoms with E-state index in [0.717, 1.165) is 12.0 Å². The fourth-order valence-corrected chi connectivity index (χ4v) is 3.93. The third-order valence-corrected chi connectivity index (χ3v) is 6.33. The molecule has 5 nitrogen and oxygen atoms in total. The molecule has 1 fully saturated rings. The zero-order valence-electron chi connectivity index (χ0n) is 16.0. The fraction of sp³-hybridized carbons (Fsp3) is 0.850. The first-order chi connectivity index (χ1) is 11.5. The Morgan fingerprint density at radius 3 is 2.52 bits per heavy atom. The quantitative estimate of drug-likeness (QED) is 0.460. The average Bonchev–Trinajstić information content (AvgIpc) is 2.64. The van der Waals surface area contributed by atoms with Crippen LogP contribution in [0.1, 0.15) is 72.6 Å². The van der Waals surface area contributed by atoms with Gasteiger partial charge >= 0.3 is 5.97 Å². The van der Waals surface area contributed by atoms with Gasteiger partial charge in [0.1, 0.15) is 5.60 Å². The van der Waals surface area contributed by atoms with Gasteiger partial charge in [0.25, 0.3) is 0 Å². The van der Waals surface area contributed by atoms with Crippen LogP contribution in [-0.2, 0) is 9.53 Å². The highest BCUT2D eigenvalue weighted by Crippen LogP contribution is 2.38. The van der Waals surface area contributed by atoms with Gasteiger partial charge in [0, 0.05) is 0 Å². The van der Waals surface area contributed by atoms with Crippen molar-refractivity contribution < 1.29 is 24.9 Å². The average molecular weight is 354 g/mol. The molecule has 2 rings (SSSR count). The van der Waals surface area contributed by atoms with Crippen LogP contribution in [0.4, 0.5) is 0 Å². The summed E-state index contributed by atoms with van der Waals surface area (Å²) in [6.07, 6.45) is 4.48. The predicted octanol–water partition coefficient (Wildman–Crippen LogP) is 2.72. The van der Waals surface area contributed by atoms with E-state index < -0.39 is 23.4 Å². The minimum atomic E-state index is -1.18. The van der Waals surface area contributed by atoms with Crippen molar-refractivity contribution in [3.8, 4) is 0 Å². The van der Waals surface area contributed by atoms with E-state index in [2.05, 4.69) is 6.08 Å². The van der Waals surface area contributed by atoms with Crippen LogP contribution in [0.3, 0.4) is 0 Å². The molecule has 6 atom stereocenters. The first-order valence-electron chi connectivity index (χ1n) is 9.52. The Balaban J connectivity index is 2.31. The van der Waals surface area contributed by atoms with Gasteiger partial charge in [0.2, 0.25) is 0 Å². The van der Waals surface area contributed by atoms with Gasteiger partial charge in [-0.15, -0.1) is 0 Å². The van der Waals surface area contributed by atoms with E-state index in [-0.39, 0.29) is 17.8 Å². The van der Waals surface area contributed by atoms with E-state index in [9.17, 15) is 20.1 Å². The lowest BCUT2D eigenvalue weighted by atomic mass is 9.78. The number of carbonyl (C=O) groups is 1. The molecule has 2 aliphatic rings. The number of hydrogen-bond donors (Lipinski definition) is 3. The molecule has 1 aliphatic carbocycles. The Hall–Kier alpha value is -0.910. The van der Waals surface area contributed by atoms with Crippen LogP contribution in [0.15, 0.2) is 11.6 Å². The van der Waals surface area contributed by atoms with Crippen LogP contribution in [0.25, 0.3) is 0 Å². The van der Waals surface area contributed by atoms with E-state index in [1.165, 1.54) is 0 Å². The summed E-state index contributed by atoms with van der Waals surface area (Å²) in [6.45, 7) is 7.29. The molecular formula is C20H34O5. The zero-order chi connectivity index (χ0) is 18.8. The smallest absolute Gasteiger partial charge is 0.309 e. The third kappa shape index (κ3) is 4.83. The minimum absolute atomic E-state index is 0.0665. The maximum Gasteiger partial charge on any atom is 0.309 e. The highest BCUT2D eigenvalue weighted by atomic mass is 16.6. The molecular weight excluding hydrogens is 320 g/mol. The molecule has 1 aliphatic heterocycles. The summed E-state index contributed by atoms with van der Waals surface area (Å²) in [4.78, 5) is 12.5. The van der Waals surface area contributed by atoms with Gasteiger partial charge in [0.05, 0.1) is 23.7 Å². The lowest BCUT2D eigenvalue weighted by Gasteiger charge is -2.34. The third-order valence-electron chi connectivity index (χ3n) is 6.33. The van der Waals surface area contributed by atoms with Crippen LogP contribution in [-0.4, -0.2) is 44.7 Å². The number of ether oxygens (including phenoxy) is 1. The maximum absolute atomic E-state index is 12.5. The number of carbonyl (C=O) groups excluding carboxylic acids is 1. The van der Waals surface area contributed by atoms with Gasteiger partial charge in [-0.1, -0.05) is 18.6 Å². The highest BCUT2D eigenvalue weighted by Gasteiger charge is 2.44. The summed E-state index contributed by atoms with van der Waals surface area (Å²) in [5, 5.41) is 31.9. The monoisotopic (exact) mass is 354 g/mol.